The number of benzene rings is 1. The Morgan fingerprint density at radius 3 is 2.80 bits per heavy atom. The van der Waals surface area contributed by atoms with Crippen molar-refractivity contribution in [2.75, 3.05) is 23.8 Å². The summed E-state index contributed by atoms with van der Waals surface area (Å²) in [4.78, 5) is 2.37. The van der Waals surface area contributed by atoms with Crippen LogP contribution in [-0.2, 0) is 0 Å². The van der Waals surface area contributed by atoms with Crippen LogP contribution in [0.1, 0.15) is 24.5 Å². The number of rotatable bonds is 1. The molecule has 2 heteroatoms. The smallest absolute Gasteiger partial charge is 0.0630 e. The number of anilines is 2. The molecule has 1 N–H and O–H groups in total. The minimum Gasteiger partial charge on any atom is -0.379 e. The lowest BCUT2D eigenvalue weighted by molar-refractivity contribution is 0.661. The van der Waals surface area contributed by atoms with E-state index in [-0.39, 0.29) is 0 Å². The molecule has 0 amide bonds. The first kappa shape index (κ1) is 10.3. The van der Waals surface area contributed by atoms with Crippen LogP contribution in [0.4, 0.5) is 11.4 Å². The van der Waals surface area contributed by atoms with Crippen molar-refractivity contribution in [3.63, 3.8) is 0 Å². The summed E-state index contributed by atoms with van der Waals surface area (Å²) in [6, 6.07) is 5.09. The largest absolute Gasteiger partial charge is 0.379 e. The summed E-state index contributed by atoms with van der Waals surface area (Å²) >= 11 is 0. The Kier molecular flexibility index (Phi) is 2.59. The molecular formula is C13H20N2. The zero-order valence-electron chi connectivity index (χ0n) is 10.1. The van der Waals surface area contributed by atoms with Gasteiger partial charge in [-0.2, -0.15) is 0 Å². The normalized spacial score (nSPS) is 19.7. The van der Waals surface area contributed by atoms with Gasteiger partial charge in [-0.1, -0.05) is 13.0 Å². The Bertz CT molecular complexity index is 371. The van der Waals surface area contributed by atoms with E-state index in [4.69, 9.17) is 0 Å². The van der Waals surface area contributed by atoms with Crippen LogP contribution in [0.5, 0.6) is 0 Å². The molecule has 0 fully saturated rings. The fraction of sp³-hybridized carbons (Fsp3) is 0.538. The number of hydrogen-bond acceptors (Lipinski definition) is 2. The topological polar surface area (TPSA) is 15.3 Å². The summed E-state index contributed by atoms with van der Waals surface area (Å²) in [7, 11) is 2.19. The maximum atomic E-state index is 3.62. The molecule has 2 rings (SSSR count). The predicted molar refractivity (Wildman–Crippen MR) is 66.9 cm³/mol. The van der Waals surface area contributed by atoms with Gasteiger partial charge in [0.05, 0.1) is 11.4 Å². The third-order valence-corrected chi connectivity index (χ3v) is 3.17. The van der Waals surface area contributed by atoms with E-state index < -0.39 is 0 Å². The molecule has 1 atom stereocenters. The summed E-state index contributed by atoms with van der Waals surface area (Å²) < 4.78 is 0. The minimum absolute atomic E-state index is 0.587. The standard InChI is InChI=1S/C13H20N2/c1-5-11-8-15(4)13-10(3)6-9(2)7-12(13)14-11/h6-7,11,14H,5,8H2,1-4H3. The second kappa shape index (κ2) is 3.76. The maximum absolute atomic E-state index is 3.62. The van der Waals surface area contributed by atoms with Crippen molar-refractivity contribution in [1.82, 2.24) is 0 Å². The Morgan fingerprint density at radius 1 is 1.40 bits per heavy atom. The van der Waals surface area contributed by atoms with E-state index in [0.717, 1.165) is 6.54 Å². The van der Waals surface area contributed by atoms with Gasteiger partial charge in [-0.25, -0.2) is 0 Å². The number of likely N-dealkylation sites (N-methyl/N-ethyl adjacent to an activating group) is 1. The van der Waals surface area contributed by atoms with Crippen LogP contribution in [0.25, 0.3) is 0 Å². The van der Waals surface area contributed by atoms with Crippen LogP contribution in [0.3, 0.4) is 0 Å². The molecule has 1 aliphatic rings. The molecule has 1 unspecified atom stereocenters. The van der Waals surface area contributed by atoms with Crippen LogP contribution >= 0.6 is 0 Å². The highest BCUT2D eigenvalue weighted by molar-refractivity contribution is 5.76. The third-order valence-electron chi connectivity index (χ3n) is 3.17. The molecule has 15 heavy (non-hydrogen) atoms. The first-order valence-electron chi connectivity index (χ1n) is 5.70. The highest BCUT2D eigenvalue weighted by Crippen LogP contribution is 2.34. The number of aryl methyl sites for hydroxylation is 2. The lowest BCUT2D eigenvalue weighted by Gasteiger charge is -2.36. The molecule has 2 nitrogen and oxygen atoms in total. The van der Waals surface area contributed by atoms with E-state index >= 15 is 0 Å². The average Bonchev–Trinajstić information content (AvgIpc) is 2.15. The van der Waals surface area contributed by atoms with Crippen molar-refractivity contribution >= 4 is 11.4 Å². The highest BCUT2D eigenvalue weighted by atomic mass is 15.2. The quantitative estimate of drug-likeness (QED) is 0.756. The summed E-state index contributed by atoms with van der Waals surface area (Å²) in [5, 5.41) is 3.62. The van der Waals surface area contributed by atoms with Crippen LogP contribution in [-0.4, -0.2) is 19.6 Å². The van der Waals surface area contributed by atoms with E-state index in [9.17, 15) is 0 Å². The minimum atomic E-state index is 0.587. The predicted octanol–water partition coefficient (Wildman–Crippen LogP) is 2.94. The van der Waals surface area contributed by atoms with E-state index in [2.05, 4.69) is 50.2 Å². The second-order valence-corrected chi connectivity index (χ2v) is 4.61. The monoisotopic (exact) mass is 204 g/mol. The lowest BCUT2D eigenvalue weighted by Crippen LogP contribution is -2.39. The van der Waals surface area contributed by atoms with Gasteiger partial charge in [0, 0.05) is 19.6 Å². The molecule has 1 aromatic carbocycles. The molecule has 1 aliphatic heterocycles. The first-order valence-corrected chi connectivity index (χ1v) is 5.70. The molecule has 0 saturated carbocycles. The number of fused-ring (bicyclic) bond motifs is 1. The van der Waals surface area contributed by atoms with Gasteiger partial charge in [-0.15, -0.1) is 0 Å². The van der Waals surface area contributed by atoms with Crippen molar-refractivity contribution < 1.29 is 0 Å². The van der Waals surface area contributed by atoms with Gasteiger partial charge in [0.1, 0.15) is 0 Å². The molecule has 0 bridgehead atoms. The van der Waals surface area contributed by atoms with Gasteiger partial charge < -0.3 is 10.2 Å². The molecular weight excluding hydrogens is 184 g/mol. The summed E-state index contributed by atoms with van der Waals surface area (Å²) in [6.07, 6.45) is 1.18. The zero-order chi connectivity index (χ0) is 11.0. The van der Waals surface area contributed by atoms with Crippen LogP contribution in [0.15, 0.2) is 12.1 Å². The van der Waals surface area contributed by atoms with Crippen LogP contribution in [0.2, 0.25) is 0 Å². The fourth-order valence-corrected chi connectivity index (χ4v) is 2.50. The number of nitrogens with one attached hydrogen (secondary N) is 1. The van der Waals surface area contributed by atoms with Crippen LogP contribution < -0.4 is 10.2 Å². The van der Waals surface area contributed by atoms with E-state index in [1.807, 2.05) is 0 Å². The molecule has 1 aromatic rings. The highest BCUT2D eigenvalue weighted by Gasteiger charge is 2.21. The molecule has 1 heterocycles. The maximum Gasteiger partial charge on any atom is 0.0630 e. The van der Waals surface area contributed by atoms with Gasteiger partial charge in [-0.05, 0) is 37.5 Å². The Balaban J connectivity index is 2.45. The Labute approximate surface area is 92.3 Å². The summed E-state index contributed by atoms with van der Waals surface area (Å²) in [6.45, 7) is 7.69. The van der Waals surface area contributed by atoms with Crippen molar-refractivity contribution in [1.29, 1.82) is 0 Å². The van der Waals surface area contributed by atoms with Gasteiger partial charge in [0.2, 0.25) is 0 Å². The summed E-state index contributed by atoms with van der Waals surface area (Å²) in [5.41, 5.74) is 5.37. The Hall–Kier alpha value is -1.18. The van der Waals surface area contributed by atoms with Gasteiger partial charge in [0.15, 0.2) is 0 Å². The number of nitrogens with zero attached hydrogens (tertiary/aromatic N) is 1. The van der Waals surface area contributed by atoms with Crippen molar-refractivity contribution in [3.05, 3.63) is 23.3 Å². The number of hydrogen-bond donors (Lipinski definition) is 1. The molecule has 0 saturated heterocycles. The molecule has 0 aromatic heterocycles. The average molecular weight is 204 g/mol. The Morgan fingerprint density at radius 2 is 2.13 bits per heavy atom. The van der Waals surface area contributed by atoms with Crippen molar-refractivity contribution in [2.45, 2.75) is 33.2 Å². The van der Waals surface area contributed by atoms with Crippen LogP contribution in [0, 0.1) is 13.8 Å². The van der Waals surface area contributed by atoms with Gasteiger partial charge in [0.25, 0.3) is 0 Å². The van der Waals surface area contributed by atoms with Gasteiger partial charge in [-0.3, -0.25) is 0 Å². The second-order valence-electron chi connectivity index (χ2n) is 4.61. The third kappa shape index (κ3) is 1.81. The molecule has 0 spiro atoms. The fourth-order valence-electron chi connectivity index (χ4n) is 2.50. The van der Waals surface area contributed by atoms with Crippen molar-refractivity contribution in [2.24, 2.45) is 0 Å². The lowest BCUT2D eigenvalue weighted by atomic mass is 10.0. The molecule has 0 aliphatic carbocycles. The zero-order valence-corrected chi connectivity index (χ0v) is 10.1. The molecule has 0 radical (unpaired) electrons. The van der Waals surface area contributed by atoms with Crippen molar-refractivity contribution in [3.8, 4) is 0 Å². The van der Waals surface area contributed by atoms with E-state index in [1.54, 1.807) is 0 Å². The molecule has 82 valence electrons. The van der Waals surface area contributed by atoms with E-state index in [1.165, 1.54) is 28.9 Å². The van der Waals surface area contributed by atoms with E-state index in [0.29, 0.717) is 6.04 Å². The van der Waals surface area contributed by atoms with Gasteiger partial charge >= 0.3 is 0 Å². The first-order chi connectivity index (χ1) is 7.11. The summed E-state index contributed by atoms with van der Waals surface area (Å²) in [5.74, 6) is 0. The SMILES string of the molecule is CCC1CN(C)c2c(C)cc(C)cc2N1.